The second-order valence-corrected chi connectivity index (χ2v) is 4.58. The molecule has 0 aliphatic rings. The van der Waals surface area contributed by atoms with Crippen LogP contribution in [0.3, 0.4) is 0 Å². The highest BCUT2D eigenvalue weighted by Crippen LogP contribution is 2.28. The summed E-state index contributed by atoms with van der Waals surface area (Å²) in [6.45, 7) is 10.5. The first-order valence-corrected chi connectivity index (χ1v) is 6.89. The SMILES string of the molecule is C=C=C=CCCCC(CC)C(CC)CCC. The van der Waals surface area contributed by atoms with Crippen LogP contribution >= 0.6 is 0 Å². The van der Waals surface area contributed by atoms with Gasteiger partial charge in [-0.1, -0.05) is 57.9 Å². The normalized spacial score (nSPS) is 13.7. The maximum Gasteiger partial charge on any atom is -0.0268 e. The van der Waals surface area contributed by atoms with E-state index in [1.165, 1.54) is 38.5 Å². The molecule has 0 heterocycles. The van der Waals surface area contributed by atoms with Crippen LogP contribution in [0.25, 0.3) is 0 Å². The largest absolute Gasteiger partial charge is 0.0785 e. The molecule has 0 N–H and O–H groups in total. The van der Waals surface area contributed by atoms with Gasteiger partial charge in [0.05, 0.1) is 0 Å². The van der Waals surface area contributed by atoms with Gasteiger partial charge < -0.3 is 0 Å². The number of unbranched alkanes of at least 4 members (excludes halogenated alkanes) is 1. The Morgan fingerprint density at radius 2 is 1.69 bits per heavy atom. The van der Waals surface area contributed by atoms with Crippen molar-refractivity contribution in [3.8, 4) is 0 Å². The van der Waals surface area contributed by atoms with E-state index in [0.717, 1.165) is 18.3 Å². The maximum absolute atomic E-state index is 3.51. The van der Waals surface area contributed by atoms with Crippen molar-refractivity contribution in [1.29, 1.82) is 0 Å². The Balaban J connectivity index is 3.96. The van der Waals surface area contributed by atoms with E-state index >= 15 is 0 Å². The predicted molar refractivity (Wildman–Crippen MR) is 73.5 cm³/mol. The zero-order valence-corrected chi connectivity index (χ0v) is 11.4. The lowest BCUT2D eigenvalue weighted by atomic mass is 9.81. The summed E-state index contributed by atoms with van der Waals surface area (Å²) in [5.74, 6) is 1.86. The first-order valence-electron chi connectivity index (χ1n) is 6.89. The van der Waals surface area contributed by atoms with Crippen molar-refractivity contribution in [2.45, 2.75) is 65.7 Å². The highest BCUT2D eigenvalue weighted by molar-refractivity contribution is 4.81. The van der Waals surface area contributed by atoms with Crippen molar-refractivity contribution in [2.24, 2.45) is 11.8 Å². The van der Waals surface area contributed by atoms with Crippen LogP contribution in [0.15, 0.2) is 24.1 Å². The van der Waals surface area contributed by atoms with Crippen molar-refractivity contribution < 1.29 is 0 Å². The van der Waals surface area contributed by atoms with E-state index in [0.29, 0.717) is 0 Å². The molecule has 0 amide bonds. The third-order valence-electron chi connectivity index (χ3n) is 3.50. The molecule has 0 aromatic heterocycles. The average molecular weight is 220 g/mol. The summed E-state index contributed by atoms with van der Waals surface area (Å²) in [6, 6.07) is 0. The number of hydrogen-bond donors (Lipinski definition) is 0. The van der Waals surface area contributed by atoms with E-state index < -0.39 is 0 Å². The monoisotopic (exact) mass is 220 g/mol. The van der Waals surface area contributed by atoms with E-state index in [-0.39, 0.29) is 0 Å². The fourth-order valence-corrected chi connectivity index (χ4v) is 2.54. The summed E-state index contributed by atoms with van der Waals surface area (Å²) >= 11 is 0. The maximum atomic E-state index is 3.51. The average Bonchev–Trinajstić information content (AvgIpc) is 2.31. The molecule has 0 heteroatoms. The van der Waals surface area contributed by atoms with Gasteiger partial charge in [0.2, 0.25) is 0 Å². The van der Waals surface area contributed by atoms with Gasteiger partial charge in [0, 0.05) is 0 Å². The van der Waals surface area contributed by atoms with Crippen LogP contribution in [0.4, 0.5) is 0 Å². The summed E-state index contributed by atoms with van der Waals surface area (Å²) in [5, 5.41) is 0. The van der Waals surface area contributed by atoms with Gasteiger partial charge in [-0.3, -0.25) is 0 Å². The minimum atomic E-state index is 0.922. The molecule has 0 saturated carbocycles. The molecule has 0 rings (SSSR count). The molecule has 0 radical (unpaired) electrons. The Morgan fingerprint density at radius 3 is 2.19 bits per heavy atom. The Morgan fingerprint density at radius 1 is 1.06 bits per heavy atom. The highest BCUT2D eigenvalue weighted by Gasteiger charge is 2.16. The standard InChI is InChI=1S/C16H28/c1-5-9-10-11-12-14-16(8-4)15(7-3)13-6-2/h10,15-16H,1,6-8,11-14H2,2-4H3. The van der Waals surface area contributed by atoms with E-state index in [1.54, 1.807) is 0 Å². The fraction of sp³-hybridized carbons (Fsp3) is 0.750. The smallest absolute Gasteiger partial charge is 0.0268 e. The summed E-state index contributed by atoms with van der Waals surface area (Å²) in [7, 11) is 0. The van der Waals surface area contributed by atoms with Crippen molar-refractivity contribution >= 4 is 0 Å². The third kappa shape index (κ3) is 6.72. The first kappa shape index (κ1) is 15.3. The van der Waals surface area contributed by atoms with E-state index in [9.17, 15) is 0 Å². The molecule has 0 aliphatic heterocycles. The van der Waals surface area contributed by atoms with Gasteiger partial charge in [0.15, 0.2) is 0 Å². The number of allylic oxidation sites excluding steroid dienone is 1. The van der Waals surface area contributed by atoms with Gasteiger partial charge in [0.1, 0.15) is 0 Å². The molecule has 0 bridgehead atoms. The van der Waals surface area contributed by atoms with Crippen LogP contribution in [-0.2, 0) is 0 Å². The second kappa shape index (κ2) is 10.8. The zero-order chi connectivity index (χ0) is 12.2. The van der Waals surface area contributed by atoms with Crippen molar-refractivity contribution in [3.63, 3.8) is 0 Å². The van der Waals surface area contributed by atoms with Gasteiger partial charge in [0.25, 0.3) is 0 Å². The third-order valence-corrected chi connectivity index (χ3v) is 3.50. The van der Waals surface area contributed by atoms with Gasteiger partial charge in [-0.2, -0.15) is 0 Å². The van der Waals surface area contributed by atoms with Crippen LogP contribution in [0.2, 0.25) is 0 Å². The predicted octanol–water partition coefficient (Wildman–Crippen LogP) is 5.51. The van der Waals surface area contributed by atoms with E-state index in [4.69, 9.17) is 0 Å². The minimum absolute atomic E-state index is 0.922. The first-order chi connectivity index (χ1) is 7.79. The molecular formula is C16H28. The molecule has 0 nitrogen and oxygen atoms in total. The Hall–Kier alpha value is -0.700. The van der Waals surface area contributed by atoms with Gasteiger partial charge >= 0.3 is 0 Å². The molecular weight excluding hydrogens is 192 g/mol. The Kier molecular flexibility index (Phi) is 10.3. The lowest BCUT2D eigenvalue weighted by molar-refractivity contribution is 0.271. The van der Waals surface area contributed by atoms with Crippen LogP contribution in [0.5, 0.6) is 0 Å². The van der Waals surface area contributed by atoms with Crippen molar-refractivity contribution in [3.05, 3.63) is 24.1 Å². The lowest BCUT2D eigenvalue weighted by Gasteiger charge is -2.24. The Bertz CT molecular complexity index is 226. The minimum Gasteiger partial charge on any atom is -0.0785 e. The van der Waals surface area contributed by atoms with E-state index in [2.05, 4.69) is 44.9 Å². The van der Waals surface area contributed by atoms with E-state index in [1.807, 2.05) is 0 Å². The van der Waals surface area contributed by atoms with Gasteiger partial charge in [-0.15, -0.1) is 0 Å². The molecule has 16 heavy (non-hydrogen) atoms. The molecule has 0 saturated heterocycles. The lowest BCUT2D eigenvalue weighted by Crippen LogP contribution is -2.13. The van der Waals surface area contributed by atoms with Crippen LogP contribution in [-0.4, -0.2) is 0 Å². The molecule has 0 fully saturated rings. The number of hydrogen-bond acceptors (Lipinski definition) is 0. The summed E-state index contributed by atoms with van der Waals surface area (Å²) < 4.78 is 0. The van der Waals surface area contributed by atoms with Crippen molar-refractivity contribution in [2.75, 3.05) is 0 Å². The molecule has 0 aromatic carbocycles. The molecule has 0 aliphatic carbocycles. The van der Waals surface area contributed by atoms with Crippen LogP contribution in [0, 0.1) is 11.8 Å². The topological polar surface area (TPSA) is 0 Å². The van der Waals surface area contributed by atoms with Gasteiger partial charge in [-0.05, 0) is 43.8 Å². The van der Waals surface area contributed by atoms with Crippen LogP contribution in [0.1, 0.15) is 65.7 Å². The molecule has 0 spiro atoms. The second-order valence-electron chi connectivity index (χ2n) is 4.58. The van der Waals surface area contributed by atoms with Gasteiger partial charge in [-0.25, -0.2) is 0 Å². The number of rotatable bonds is 9. The highest BCUT2D eigenvalue weighted by atomic mass is 14.2. The summed E-state index contributed by atoms with van der Waals surface area (Å²) in [6.07, 6.45) is 11.2. The quantitative estimate of drug-likeness (QED) is 0.355. The molecule has 2 atom stereocenters. The van der Waals surface area contributed by atoms with Crippen molar-refractivity contribution in [1.82, 2.24) is 0 Å². The molecule has 92 valence electrons. The Labute approximate surface area is 102 Å². The molecule has 2 unspecified atom stereocenters. The zero-order valence-electron chi connectivity index (χ0n) is 11.4. The van der Waals surface area contributed by atoms with Crippen LogP contribution < -0.4 is 0 Å². The molecule has 0 aromatic rings. The summed E-state index contributed by atoms with van der Waals surface area (Å²) in [5.41, 5.74) is 5.59. The fourth-order valence-electron chi connectivity index (χ4n) is 2.54. The summed E-state index contributed by atoms with van der Waals surface area (Å²) in [4.78, 5) is 0.